The summed E-state index contributed by atoms with van der Waals surface area (Å²) in [5.74, 6) is -0.208. The zero-order valence-corrected chi connectivity index (χ0v) is 16.6. The molecule has 31 heavy (non-hydrogen) atoms. The maximum absolute atomic E-state index is 12.9. The lowest BCUT2D eigenvalue weighted by Gasteiger charge is -2.29. The van der Waals surface area contributed by atoms with Gasteiger partial charge in [0.1, 0.15) is 17.7 Å². The van der Waals surface area contributed by atoms with E-state index in [4.69, 9.17) is 5.41 Å². The highest BCUT2D eigenvalue weighted by Crippen LogP contribution is 2.33. The maximum atomic E-state index is 12.9. The number of rotatable bonds is 9. The molecule has 0 bridgehead atoms. The van der Waals surface area contributed by atoms with Gasteiger partial charge < -0.3 is 34.9 Å². The summed E-state index contributed by atoms with van der Waals surface area (Å²) in [7, 11) is -1.54. The van der Waals surface area contributed by atoms with Crippen LogP contribution < -0.4 is 9.53 Å². The quantitative estimate of drug-likeness (QED) is 0.259. The summed E-state index contributed by atoms with van der Waals surface area (Å²) in [5.41, 5.74) is -1.31. The molecular formula is C16H18B3F3N5O4. The Bertz CT molecular complexity index is 932. The predicted molar refractivity (Wildman–Crippen MR) is 112 cm³/mol. The first-order valence-corrected chi connectivity index (χ1v) is 8.96. The molecule has 0 saturated carbocycles. The van der Waals surface area contributed by atoms with Crippen molar-refractivity contribution in [2.75, 3.05) is 16.1 Å². The van der Waals surface area contributed by atoms with Crippen LogP contribution in [-0.2, 0) is 11.0 Å². The minimum absolute atomic E-state index is 0.0378. The molecule has 1 aromatic heterocycles. The van der Waals surface area contributed by atoms with Crippen LogP contribution >= 0.6 is 0 Å². The Morgan fingerprint density at radius 3 is 2.29 bits per heavy atom. The van der Waals surface area contributed by atoms with Crippen LogP contribution in [0.25, 0.3) is 0 Å². The van der Waals surface area contributed by atoms with Crippen LogP contribution in [0, 0.1) is 5.41 Å². The van der Waals surface area contributed by atoms with Gasteiger partial charge in [0.2, 0.25) is 0 Å². The van der Waals surface area contributed by atoms with Gasteiger partial charge in [0.05, 0.1) is 24.1 Å². The van der Waals surface area contributed by atoms with E-state index in [1.165, 1.54) is 13.6 Å². The van der Waals surface area contributed by atoms with Gasteiger partial charge in [-0.15, -0.1) is 0 Å². The highest BCUT2D eigenvalue weighted by Gasteiger charge is 2.32. The molecular weight excluding hydrogens is 416 g/mol. The third kappa shape index (κ3) is 5.63. The zero-order chi connectivity index (χ0) is 23.3. The molecule has 0 aliphatic carbocycles. The summed E-state index contributed by atoms with van der Waals surface area (Å²) in [5, 5.41) is 37.6. The van der Waals surface area contributed by atoms with E-state index in [0.717, 1.165) is 47.4 Å². The lowest BCUT2D eigenvalue weighted by molar-refractivity contribution is -0.137. The van der Waals surface area contributed by atoms with Crippen molar-refractivity contribution in [2.45, 2.75) is 19.8 Å². The van der Waals surface area contributed by atoms with Crippen molar-refractivity contribution in [3.05, 3.63) is 41.7 Å². The first kappa shape index (κ1) is 24.4. The first-order valence-electron chi connectivity index (χ1n) is 8.96. The Labute approximate surface area is 177 Å². The summed E-state index contributed by atoms with van der Waals surface area (Å²) in [6, 6.07) is 3.86. The number of aromatic nitrogens is 2. The van der Waals surface area contributed by atoms with Crippen molar-refractivity contribution in [3.8, 4) is 0 Å². The Morgan fingerprint density at radius 2 is 1.84 bits per heavy atom. The fourth-order valence-electron chi connectivity index (χ4n) is 2.73. The normalized spacial score (nSPS) is 11.0. The Hall–Kier alpha value is -2.90. The number of hydrogen-bond donors (Lipinski definition) is 4. The molecule has 1 heterocycles. The number of aliphatic hydroxyl groups excluding tert-OH is 1. The minimum atomic E-state index is -4.56. The topological polar surface area (TPSA) is 134 Å². The summed E-state index contributed by atoms with van der Waals surface area (Å²) < 4.78 is 39.8. The van der Waals surface area contributed by atoms with Gasteiger partial charge >= 0.3 is 27.7 Å². The molecule has 1 radical (unpaired) electrons. The lowest BCUT2D eigenvalue weighted by Crippen LogP contribution is -2.42. The monoisotopic (exact) mass is 434 g/mol. The summed E-state index contributed by atoms with van der Waals surface area (Å²) in [6.07, 6.45) is -3.01. The highest BCUT2D eigenvalue weighted by atomic mass is 19.4. The van der Waals surface area contributed by atoms with E-state index in [1.807, 2.05) is 0 Å². The van der Waals surface area contributed by atoms with Gasteiger partial charge in [-0.25, -0.2) is 9.97 Å². The van der Waals surface area contributed by atoms with Crippen molar-refractivity contribution in [3.63, 3.8) is 0 Å². The number of nitrogens with zero attached hydrogens (tertiary/aromatic N) is 4. The van der Waals surface area contributed by atoms with Crippen molar-refractivity contribution in [1.29, 1.82) is 5.41 Å². The molecule has 0 spiro atoms. The van der Waals surface area contributed by atoms with Gasteiger partial charge in [-0.1, -0.05) is 0 Å². The van der Waals surface area contributed by atoms with E-state index in [0.29, 0.717) is 6.19 Å². The van der Waals surface area contributed by atoms with Gasteiger partial charge in [0, 0.05) is 5.69 Å². The fraction of sp³-hybridized carbons (Fsp3) is 0.250. The molecule has 0 amide bonds. The third-order valence-corrected chi connectivity index (χ3v) is 4.15. The maximum Gasteiger partial charge on any atom is 0.416 e. The van der Waals surface area contributed by atoms with Crippen molar-refractivity contribution >= 4 is 50.7 Å². The number of hydrogen-bond acceptors (Lipinski definition) is 9. The average molecular weight is 434 g/mol. The number of halogens is 3. The van der Waals surface area contributed by atoms with E-state index in [1.54, 1.807) is 0 Å². The van der Waals surface area contributed by atoms with Crippen LogP contribution in [0.3, 0.4) is 0 Å². The zero-order valence-electron chi connectivity index (χ0n) is 16.6. The molecule has 2 aromatic rings. The van der Waals surface area contributed by atoms with Crippen LogP contribution in [-0.4, -0.2) is 65.1 Å². The summed E-state index contributed by atoms with van der Waals surface area (Å²) >= 11 is 0. The van der Waals surface area contributed by atoms with Gasteiger partial charge in [-0.3, -0.25) is 0 Å². The highest BCUT2D eigenvalue weighted by molar-refractivity contribution is 6.82. The number of carbonyl (C=O) groups is 1. The minimum Gasteiger partial charge on any atom is -0.433 e. The second-order valence-corrected chi connectivity index (χ2v) is 6.41. The summed E-state index contributed by atoms with van der Waals surface area (Å²) in [4.78, 5) is 20.3. The molecule has 1 aromatic carbocycles. The first-order chi connectivity index (χ1) is 14.5. The molecule has 0 atom stereocenters. The van der Waals surface area contributed by atoms with E-state index >= 15 is 0 Å². The largest absolute Gasteiger partial charge is 0.433 e. The Kier molecular flexibility index (Phi) is 7.82. The smallest absolute Gasteiger partial charge is 0.416 e. The molecule has 9 nitrogen and oxygen atoms in total. The number of benzene rings is 1. The van der Waals surface area contributed by atoms with Gasteiger partial charge in [0.25, 0.3) is 0 Å². The molecule has 4 N–H and O–H groups in total. The molecule has 2 rings (SSSR count). The van der Waals surface area contributed by atoms with Crippen molar-refractivity contribution in [2.24, 2.45) is 0 Å². The van der Waals surface area contributed by atoms with E-state index in [9.17, 15) is 33.1 Å². The van der Waals surface area contributed by atoms with E-state index in [2.05, 4.69) is 9.97 Å². The molecule has 0 unspecified atom stereocenters. The SMILES string of the molecule is CB(O)N([B]C=O)c1cnc(C(=N)CO)c(N(B(C)O)c2ccc(C(F)(F)F)cc2)n1. The van der Waals surface area contributed by atoms with E-state index < -0.39 is 32.4 Å². The number of nitrogens with one attached hydrogen (secondary N) is 1. The molecule has 0 saturated heterocycles. The second-order valence-electron chi connectivity index (χ2n) is 6.41. The van der Waals surface area contributed by atoms with Crippen LogP contribution in [0.1, 0.15) is 11.3 Å². The number of alkyl halides is 3. The fourth-order valence-corrected chi connectivity index (χ4v) is 2.73. The van der Waals surface area contributed by atoms with Gasteiger partial charge in [-0.05, 0) is 37.9 Å². The van der Waals surface area contributed by atoms with Gasteiger partial charge in [0.15, 0.2) is 5.82 Å². The average Bonchev–Trinajstić information content (AvgIpc) is 2.70. The summed E-state index contributed by atoms with van der Waals surface area (Å²) in [6.45, 7) is 1.96. The lowest BCUT2D eigenvalue weighted by atomic mass is 9.74. The Balaban J connectivity index is 2.67. The standard InChI is InChI=1S/C16H18B3F3N5O4/c1-18(30)26(11-5-3-10(4-6-11)16(20,21)22)15-14(12(23)8-28)24-7-13(25-15)27(17-9-29)19(2)31/h3-7,9,23,28,30-31H,8H2,1-2H3. The van der Waals surface area contributed by atoms with Crippen LogP contribution in [0.5, 0.6) is 0 Å². The number of aliphatic hydroxyl groups is 1. The van der Waals surface area contributed by atoms with E-state index in [-0.39, 0.29) is 28.7 Å². The number of anilines is 3. The Morgan fingerprint density at radius 1 is 1.23 bits per heavy atom. The van der Waals surface area contributed by atoms with Crippen LogP contribution in [0.2, 0.25) is 13.6 Å². The third-order valence-electron chi connectivity index (χ3n) is 4.15. The van der Waals surface area contributed by atoms with Crippen molar-refractivity contribution in [1.82, 2.24) is 9.97 Å². The number of carbonyl (C=O) groups excluding carboxylic acids is 1. The molecule has 15 heteroatoms. The van der Waals surface area contributed by atoms with Crippen LogP contribution in [0.4, 0.5) is 30.5 Å². The molecule has 0 aliphatic rings. The van der Waals surface area contributed by atoms with Gasteiger partial charge in [-0.2, -0.15) is 13.2 Å². The molecule has 161 valence electrons. The predicted octanol–water partition coefficient (Wildman–Crippen LogP) is 0.830. The van der Waals surface area contributed by atoms with Crippen LogP contribution in [0.15, 0.2) is 30.5 Å². The second kappa shape index (κ2) is 9.94. The molecule has 0 fully saturated rings. The molecule has 0 aliphatic heterocycles. The van der Waals surface area contributed by atoms with Crippen molar-refractivity contribution < 1.29 is 33.1 Å².